The van der Waals surface area contributed by atoms with Crippen molar-refractivity contribution in [2.24, 2.45) is 5.92 Å². The lowest BCUT2D eigenvalue weighted by Gasteiger charge is -2.29. The fourth-order valence-electron chi connectivity index (χ4n) is 1.73. The van der Waals surface area contributed by atoms with Gasteiger partial charge in [0.25, 0.3) is 7.63 Å². The summed E-state index contributed by atoms with van der Waals surface area (Å²) in [6.45, 7) is 14.3. The van der Waals surface area contributed by atoms with Crippen molar-refractivity contribution in [3.8, 4) is 11.8 Å². The van der Waals surface area contributed by atoms with Gasteiger partial charge in [-0.1, -0.05) is 52.5 Å². The van der Waals surface area contributed by atoms with Crippen LogP contribution in [-0.4, -0.2) is 13.7 Å². The molecule has 0 aliphatic carbocycles. The first kappa shape index (κ1) is 17.8. The van der Waals surface area contributed by atoms with E-state index in [1.165, 1.54) is 0 Å². The highest BCUT2D eigenvalue weighted by atomic mass is 35.6. The van der Waals surface area contributed by atoms with E-state index in [-0.39, 0.29) is 6.10 Å². The largest absolute Gasteiger partial charge is 0.389 e. The van der Waals surface area contributed by atoms with Crippen molar-refractivity contribution < 1.29 is 4.43 Å². The number of allylic oxidation sites excluding steroid dienone is 1. The third kappa shape index (κ3) is 6.63. The van der Waals surface area contributed by atoms with Crippen LogP contribution in [0.5, 0.6) is 0 Å². The molecule has 0 aromatic carbocycles. The highest BCUT2D eigenvalue weighted by Gasteiger charge is 2.33. The van der Waals surface area contributed by atoms with E-state index in [0.29, 0.717) is 5.92 Å². The highest BCUT2D eigenvalue weighted by Crippen LogP contribution is 2.26. The Hall–Kier alpha value is -0.233. The molecule has 0 fully saturated rings. The van der Waals surface area contributed by atoms with E-state index in [1.807, 2.05) is 6.92 Å². The van der Waals surface area contributed by atoms with E-state index in [2.05, 4.69) is 46.1 Å². The average Bonchev–Trinajstić information content (AvgIpc) is 2.34. The van der Waals surface area contributed by atoms with Crippen LogP contribution in [0.4, 0.5) is 0 Å². The second kappa shape index (κ2) is 8.80. The molecule has 0 bridgehead atoms. The number of rotatable bonds is 7. The van der Waals surface area contributed by atoms with Crippen LogP contribution >= 0.6 is 11.1 Å². The molecular weight excluding hydrogens is 260 g/mol. The molecule has 0 aliphatic rings. The van der Waals surface area contributed by atoms with Gasteiger partial charge in [0.05, 0.1) is 0 Å². The summed E-state index contributed by atoms with van der Waals surface area (Å²) in [7, 11) is -2.08. The number of halogens is 1. The molecule has 0 N–H and O–H groups in total. The van der Waals surface area contributed by atoms with Gasteiger partial charge in [-0.25, -0.2) is 0 Å². The summed E-state index contributed by atoms with van der Waals surface area (Å²) in [5.41, 5.74) is 0.877. The Morgan fingerprint density at radius 1 is 1.33 bits per heavy atom. The summed E-state index contributed by atoms with van der Waals surface area (Å²) in [5, 5.41) is 0. The van der Waals surface area contributed by atoms with Gasteiger partial charge in [0, 0.05) is 0 Å². The summed E-state index contributed by atoms with van der Waals surface area (Å²) in [4.78, 5) is 0. The Balaban J connectivity index is 4.88. The van der Waals surface area contributed by atoms with Gasteiger partial charge in [-0.05, 0) is 36.9 Å². The summed E-state index contributed by atoms with van der Waals surface area (Å²) >= 11 is 6.59. The predicted octanol–water partition coefficient (Wildman–Crippen LogP) is 5.11. The smallest absolute Gasteiger partial charge is 0.290 e. The third-order valence-corrected chi connectivity index (χ3v) is 7.74. The van der Waals surface area contributed by atoms with Crippen molar-refractivity contribution in [2.75, 3.05) is 0 Å². The van der Waals surface area contributed by atoms with Crippen molar-refractivity contribution in [3.63, 3.8) is 0 Å². The number of hydrogen-bond donors (Lipinski definition) is 0. The van der Waals surface area contributed by atoms with Crippen molar-refractivity contribution in [2.45, 2.75) is 65.7 Å². The minimum Gasteiger partial charge on any atom is -0.389 e. The molecule has 1 nitrogen and oxygen atoms in total. The Kier molecular flexibility index (Phi) is 8.68. The summed E-state index contributed by atoms with van der Waals surface area (Å²) in [6, 6.07) is 1.85. The van der Waals surface area contributed by atoms with Gasteiger partial charge in [0.15, 0.2) is 0 Å². The molecule has 0 spiro atoms. The minimum atomic E-state index is -2.08. The molecule has 104 valence electrons. The quantitative estimate of drug-likeness (QED) is 0.359. The van der Waals surface area contributed by atoms with Crippen LogP contribution in [-0.2, 0) is 4.43 Å². The van der Waals surface area contributed by atoms with Crippen molar-refractivity contribution in [3.05, 3.63) is 12.2 Å². The van der Waals surface area contributed by atoms with Gasteiger partial charge < -0.3 is 4.43 Å². The maximum atomic E-state index is 6.59. The fraction of sp³-hybridized carbons (Fsp3) is 0.733. The normalized spacial score (nSPS) is 14.6. The average molecular weight is 287 g/mol. The topological polar surface area (TPSA) is 9.23 Å². The summed E-state index contributed by atoms with van der Waals surface area (Å²) in [6.07, 6.45) is 2.21. The van der Waals surface area contributed by atoms with Crippen LogP contribution in [0, 0.1) is 17.8 Å². The van der Waals surface area contributed by atoms with Gasteiger partial charge in [0.1, 0.15) is 6.10 Å². The first-order chi connectivity index (χ1) is 8.38. The van der Waals surface area contributed by atoms with Crippen LogP contribution in [0.2, 0.25) is 12.1 Å². The second-order valence-corrected chi connectivity index (χ2v) is 10.4. The van der Waals surface area contributed by atoms with Crippen LogP contribution in [0.3, 0.4) is 0 Å². The van der Waals surface area contributed by atoms with Crippen molar-refractivity contribution >= 4 is 18.7 Å². The summed E-state index contributed by atoms with van der Waals surface area (Å²) < 4.78 is 6.19. The Morgan fingerprint density at radius 2 is 1.89 bits per heavy atom. The third-order valence-electron chi connectivity index (χ3n) is 3.08. The number of hydrogen-bond acceptors (Lipinski definition) is 1. The zero-order valence-electron chi connectivity index (χ0n) is 12.5. The molecule has 2 atom stereocenters. The Labute approximate surface area is 119 Å². The molecule has 2 unspecified atom stereocenters. The van der Waals surface area contributed by atoms with Gasteiger partial charge in [-0.3, -0.25) is 0 Å². The van der Waals surface area contributed by atoms with E-state index in [4.69, 9.17) is 15.5 Å². The first-order valence-corrected chi connectivity index (χ1v) is 10.3. The monoisotopic (exact) mass is 286 g/mol. The standard InChI is InChI=1S/C15H27ClOSi/c1-7-10-14(6)15(12-11-13(4)5)17-18(16,8-2)9-3/h14-15H,4,7-10H2,1-3,5-6H3. The van der Waals surface area contributed by atoms with Crippen LogP contribution in [0.25, 0.3) is 0 Å². The Morgan fingerprint density at radius 3 is 2.28 bits per heavy atom. The fourth-order valence-corrected chi connectivity index (χ4v) is 3.60. The molecule has 18 heavy (non-hydrogen) atoms. The lowest BCUT2D eigenvalue weighted by molar-refractivity contribution is 0.184. The molecule has 0 heterocycles. The first-order valence-electron chi connectivity index (χ1n) is 6.92. The highest BCUT2D eigenvalue weighted by molar-refractivity contribution is 7.16. The van der Waals surface area contributed by atoms with Crippen molar-refractivity contribution in [1.82, 2.24) is 0 Å². The molecule has 0 aromatic heterocycles. The molecule has 0 radical (unpaired) electrons. The van der Waals surface area contributed by atoms with Gasteiger partial charge in [0.2, 0.25) is 0 Å². The molecule has 0 aliphatic heterocycles. The molecule has 0 saturated heterocycles. The molecule has 0 saturated carbocycles. The van der Waals surface area contributed by atoms with Gasteiger partial charge >= 0.3 is 0 Å². The van der Waals surface area contributed by atoms with E-state index in [0.717, 1.165) is 30.5 Å². The zero-order valence-corrected chi connectivity index (χ0v) is 14.2. The van der Waals surface area contributed by atoms with E-state index >= 15 is 0 Å². The van der Waals surface area contributed by atoms with Gasteiger partial charge in [-0.15, -0.1) is 11.1 Å². The lowest BCUT2D eigenvalue weighted by Crippen LogP contribution is -2.37. The maximum absolute atomic E-state index is 6.59. The zero-order chi connectivity index (χ0) is 14.2. The molecule has 0 rings (SSSR count). The van der Waals surface area contributed by atoms with Crippen LogP contribution < -0.4 is 0 Å². The predicted molar refractivity (Wildman–Crippen MR) is 84.1 cm³/mol. The van der Waals surface area contributed by atoms with Gasteiger partial charge in [-0.2, -0.15) is 0 Å². The Bertz CT molecular complexity index is 312. The van der Waals surface area contributed by atoms with E-state index < -0.39 is 7.63 Å². The van der Waals surface area contributed by atoms with E-state index in [9.17, 15) is 0 Å². The molecule has 0 aromatic rings. The van der Waals surface area contributed by atoms with E-state index in [1.54, 1.807) is 0 Å². The summed E-state index contributed by atoms with van der Waals surface area (Å²) in [5.74, 6) is 6.68. The minimum absolute atomic E-state index is 0.0503. The molecule has 3 heteroatoms. The molecule has 0 amide bonds. The second-order valence-electron chi connectivity index (χ2n) is 4.94. The van der Waals surface area contributed by atoms with Crippen molar-refractivity contribution in [1.29, 1.82) is 0 Å². The SMILES string of the molecule is C=C(C)C#CC(O[Si](Cl)(CC)CC)C(C)CCC. The molecular formula is C15H27ClOSi. The lowest BCUT2D eigenvalue weighted by atomic mass is 10.00. The maximum Gasteiger partial charge on any atom is 0.290 e. The van der Waals surface area contributed by atoms with Crippen LogP contribution in [0.15, 0.2) is 12.2 Å². The van der Waals surface area contributed by atoms with Crippen LogP contribution in [0.1, 0.15) is 47.5 Å².